The Morgan fingerprint density at radius 3 is 2.35 bits per heavy atom. The Labute approximate surface area is 106 Å². The van der Waals surface area contributed by atoms with Gasteiger partial charge in [0.2, 0.25) is 0 Å². The second kappa shape index (κ2) is 5.19. The highest BCUT2D eigenvalue weighted by Crippen LogP contribution is 2.22. The molecule has 1 aromatic carbocycles. The number of aromatic nitrogens is 1. The topological polar surface area (TPSA) is 22.1 Å². The quantitative estimate of drug-likeness (QED) is 0.759. The largest absolute Gasteiger partial charge is 0.491 e. The van der Waals surface area contributed by atoms with Crippen molar-refractivity contribution in [3.63, 3.8) is 0 Å². The molecule has 0 amide bonds. The smallest absolute Gasteiger partial charge is 0.129 e. The lowest BCUT2D eigenvalue weighted by molar-refractivity contribution is 0.242. The summed E-state index contributed by atoms with van der Waals surface area (Å²) in [7, 11) is 0. The van der Waals surface area contributed by atoms with Crippen molar-refractivity contribution in [3.05, 3.63) is 47.6 Å². The van der Waals surface area contributed by atoms with Gasteiger partial charge >= 0.3 is 0 Å². The summed E-state index contributed by atoms with van der Waals surface area (Å²) in [6.45, 7) is 4.01. The van der Waals surface area contributed by atoms with Crippen molar-refractivity contribution in [1.82, 2.24) is 4.98 Å². The van der Waals surface area contributed by atoms with Crippen molar-refractivity contribution in [3.8, 4) is 17.0 Å². The highest BCUT2D eigenvalue weighted by atomic mass is 35.5. The average Bonchev–Trinajstić information content (AvgIpc) is 2.29. The fourth-order valence-corrected chi connectivity index (χ4v) is 1.71. The maximum atomic E-state index is 5.86. The molecule has 88 valence electrons. The summed E-state index contributed by atoms with van der Waals surface area (Å²) in [6.07, 6.45) is 0.185. The van der Waals surface area contributed by atoms with Gasteiger partial charge in [-0.25, -0.2) is 4.98 Å². The molecule has 0 saturated carbocycles. The zero-order valence-corrected chi connectivity index (χ0v) is 10.6. The van der Waals surface area contributed by atoms with Gasteiger partial charge in [-0.2, -0.15) is 0 Å². The summed E-state index contributed by atoms with van der Waals surface area (Å²) in [5, 5.41) is 0.505. The number of hydrogen-bond donors (Lipinski definition) is 0. The fourth-order valence-electron chi connectivity index (χ4n) is 1.55. The van der Waals surface area contributed by atoms with Crippen LogP contribution in [0.15, 0.2) is 42.5 Å². The third kappa shape index (κ3) is 3.21. The first-order valence-electron chi connectivity index (χ1n) is 5.55. The zero-order chi connectivity index (χ0) is 12.3. The van der Waals surface area contributed by atoms with Crippen molar-refractivity contribution in [2.75, 3.05) is 0 Å². The van der Waals surface area contributed by atoms with E-state index >= 15 is 0 Å². The first-order chi connectivity index (χ1) is 8.15. The number of nitrogens with zero attached hydrogens (tertiary/aromatic N) is 1. The molecule has 17 heavy (non-hydrogen) atoms. The van der Waals surface area contributed by atoms with Crippen molar-refractivity contribution in [1.29, 1.82) is 0 Å². The van der Waals surface area contributed by atoms with E-state index in [2.05, 4.69) is 4.98 Å². The molecule has 0 aliphatic rings. The van der Waals surface area contributed by atoms with Gasteiger partial charge < -0.3 is 4.74 Å². The van der Waals surface area contributed by atoms with Crippen LogP contribution in [0.2, 0.25) is 5.15 Å². The third-order valence-corrected chi connectivity index (χ3v) is 2.45. The molecule has 0 bridgehead atoms. The lowest BCUT2D eigenvalue weighted by Crippen LogP contribution is -2.05. The van der Waals surface area contributed by atoms with Gasteiger partial charge in [-0.15, -0.1) is 0 Å². The third-order valence-electron chi connectivity index (χ3n) is 2.24. The maximum absolute atomic E-state index is 5.86. The van der Waals surface area contributed by atoms with Crippen LogP contribution in [0, 0.1) is 0 Å². The van der Waals surface area contributed by atoms with Crippen LogP contribution >= 0.6 is 11.6 Å². The van der Waals surface area contributed by atoms with Gasteiger partial charge in [0.15, 0.2) is 0 Å². The van der Waals surface area contributed by atoms with E-state index in [0.717, 1.165) is 17.0 Å². The standard InChI is InChI=1S/C14H14ClNO/c1-10(2)17-12-8-6-11(7-9-12)13-4-3-5-14(15)16-13/h3-10H,1-2H3. The van der Waals surface area contributed by atoms with E-state index in [1.165, 1.54) is 0 Å². The van der Waals surface area contributed by atoms with Gasteiger partial charge in [-0.05, 0) is 50.2 Å². The van der Waals surface area contributed by atoms with Crippen molar-refractivity contribution in [2.24, 2.45) is 0 Å². The first-order valence-corrected chi connectivity index (χ1v) is 5.92. The Hall–Kier alpha value is -1.54. The van der Waals surface area contributed by atoms with Crippen molar-refractivity contribution in [2.45, 2.75) is 20.0 Å². The Kier molecular flexibility index (Phi) is 3.64. The zero-order valence-electron chi connectivity index (χ0n) is 9.85. The monoisotopic (exact) mass is 247 g/mol. The number of rotatable bonds is 3. The lowest BCUT2D eigenvalue weighted by atomic mass is 10.1. The summed E-state index contributed by atoms with van der Waals surface area (Å²) in [6, 6.07) is 13.4. The highest BCUT2D eigenvalue weighted by molar-refractivity contribution is 6.29. The SMILES string of the molecule is CC(C)Oc1ccc(-c2cccc(Cl)n2)cc1. The highest BCUT2D eigenvalue weighted by Gasteiger charge is 2.01. The van der Waals surface area contributed by atoms with Gasteiger partial charge in [-0.1, -0.05) is 17.7 Å². The molecule has 0 atom stereocenters. The fraction of sp³-hybridized carbons (Fsp3) is 0.214. The molecule has 0 radical (unpaired) electrons. The van der Waals surface area contributed by atoms with E-state index in [1.807, 2.05) is 50.2 Å². The second-order valence-electron chi connectivity index (χ2n) is 4.04. The average molecular weight is 248 g/mol. The lowest BCUT2D eigenvalue weighted by Gasteiger charge is -2.09. The van der Waals surface area contributed by atoms with Crippen molar-refractivity contribution < 1.29 is 4.74 Å². The molecular weight excluding hydrogens is 234 g/mol. The minimum Gasteiger partial charge on any atom is -0.491 e. The van der Waals surface area contributed by atoms with Gasteiger partial charge in [-0.3, -0.25) is 0 Å². The Morgan fingerprint density at radius 2 is 1.76 bits per heavy atom. The number of hydrogen-bond acceptors (Lipinski definition) is 2. The summed E-state index contributed by atoms with van der Waals surface area (Å²) in [5.74, 6) is 0.866. The second-order valence-corrected chi connectivity index (χ2v) is 4.42. The molecule has 0 aliphatic carbocycles. The maximum Gasteiger partial charge on any atom is 0.129 e. The first kappa shape index (κ1) is 11.9. The van der Waals surface area contributed by atoms with Crippen LogP contribution in [0.5, 0.6) is 5.75 Å². The number of pyridine rings is 1. The predicted molar refractivity (Wildman–Crippen MR) is 70.4 cm³/mol. The number of benzene rings is 1. The molecule has 0 saturated heterocycles. The van der Waals surface area contributed by atoms with E-state index in [-0.39, 0.29) is 6.10 Å². The summed E-state index contributed by atoms with van der Waals surface area (Å²) < 4.78 is 5.58. The summed E-state index contributed by atoms with van der Waals surface area (Å²) >= 11 is 5.86. The minimum absolute atomic E-state index is 0.185. The minimum atomic E-state index is 0.185. The molecule has 3 heteroatoms. The van der Waals surface area contributed by atoms with Gasteiger partial charge in [0.1, 0.15) is 10.9 Å². The van der Waals surface area contributed by atoms with E-state index in [1.54, 1.807) is 6.07 Å². The number of ether oxygens (including phenoxy) is 1. The predicted octanol–water partition coefficient (Wildman–Crippen LogP) is 4.19. The molecule has 0 N–H and O–H groups in total. The number of halogens is 1. The van der Waals surface area contributed by atoms with Crippen LogP contribution in [-0.4, -0.2) is 11.1 Å². The van der Waals surface area contributed by atoms with Crippen LogP contribution in [0.3, 0.4) is 0 Å². The molecular formula is C14H14ClNO. The summed E-state index contributed by atoms with van der Waals surface area (Å²) in [5.41, 5.74) is 1.90. The summed E-state index contributed by atoms with van der Waals surface area (Å²) in [4.78, 5) is 4.26. The van der Waals surface area contributed by atoms with Crippen LogP contribution in [0.1, 0.15) is 13.8 Å². The van der Waals surface area contributed by atoms with Gasteiger partial charge in [0.25, 0.3) is 0 Å². The van der Waals surface area contributed by atoms with Crippen LogP contribution in [0.25, 0.3) is 11.3 Å². The molecule has 2 nitrogen and oxygen atoms in total. The Morgan fingerprint density at radius 1 is 1.06 bits per heavy atom. The molecule has 0 fully saturated rings. The molecule has 0 spiro atoms. The van der Waals surface area contributed by atoms with Gasteiger partial charge in [0.05, 0.1) is 11.8 Å². The van der Waals surface area contributed by atoms with E-state index in [0.29, 0.717) is 5.15 Å². The van der Waals surface area contributed by atoms with Crippen LogP contribution in [0.4, 0.5) is 0 Å². The van der Waals surface area contributed by atoms with Crippen LogP contribution < -0.4 is 4.74 Å². The Bertz CT molecular complexity index is 494. The van der Waals surface area contributed by atoms with E-state index in [4.69, 9.17) is 16.3 Å². The molecule has 0 aliphatic heterocycles. The van der Waals surface area contributed by atoms with Crippen molar-refractivity contribution >= 4 is 11.6 Å². The van der Waals surface area contributed by atoms with E-state index in [9.17, 15) is 0 Å². The molecule has 0 unspecified atom stereocenters. The Balaban J connectivity index is 2.23. The van der Waals surface area contributed by atoms with E-state index < -0.39 is 0 Å². The van der Waals surface area contributed by atoms with Gasteiger partial charge in [0, 0.05) is 5.56 Å². The molecule has 2 rings (SSSR count). The molecule has 1 aromatic heterocycles. The molecule has 1 heterocycles. The van der Waals surface area contributed by atoms with Crippen LogP contribution in [-0.2, 0) is 0 Å². The normalized spacial score (nSPS) is 10.6. The molecule has 2 aromatic rings.